The fourth-order valence-electron chi connectivity index (χ4n) is 5.45. The van der Waals surface area contributed by atoms with E-state index in [-0.39, 0.29) is 44.9 Å². The minimum atomic E-state index is -0.602. The van der Waals surface area contributed by atoms with Crippen molar-refractivity contribution in [2.45, 2.75) is 131 Å². The molecule has 3 saturated carbocycles. The standard InChI is InChI=1S/C10H15.3C7H12O2.Ti/c1-7-6-10(4,5)9(3)8(7)2;3*8-7(9)6-4-2-1-3-5-6;/h1-5H3;3*6H,1-5H2,(H,8,9);/q-1;;;;. The normalized spacial score (nSPS) is 21.7. The number of hydrogen-bond donors (Lipinski definition) is 3. The Kier molecular flexibility index (Phi) is 18.1. The first-order valence-corrected chi connectivity index (χ1v) is 14.3. The van der Waals surface area contributed by atoms with Gasteiger partial charge in [-0.05, 0) is 38.5 Å². The smallest absolute Gasteiger partial charge is 0.306 e. The van der Waals surface area contributed by atoms with Gasteiger partial charge in [0.25, 0.3) is 0 Å². The molecule has 7 heteroatoms. The van der Waals surface area contributed by atoms with Gasteiger partial charge in [-0.1, -0.05) is 90.9 Å². The van der Waals surface area contributed by atoms with Crippen LogP contribution in [-0.2, 0) is 36.1 Å². The van der Waals surface area contributed by atoms with E-state index in [1.165, 1.54) is 36.0 Å². The summed E-state index contributed by atoms with van der Waals surface area (Å²) in [5, 5.41) is 25.6. The Balaban J connectivity index is 0.000000477. The van der Waals surface area contributed by atoms with E-state index in [0.29, 0.717) is 0 Å². The molecule has 6 nitrogen and oxygen atoms in total. The summed E-state index contributed by atoms with van der Waals surface area (Å²) in [6, 6.07) is 0. The van der Waals surface area contributed by atoms with Gasteiger partial charge in [0.1, 0.15) is 0 Å². The molecule has 0 spiro atoms. The first-order valence-electron chi connectivity index (χ1n) is 14.3. The number of allylic oxidation sites excluding steroid dienone is 4. The molecule has 0 unspecified atom stereocenters. The minimum Gasteiger partial charge on any atom is -0.481 e. The molecule has 0 heterocycles. The Morgan fingerprint density at radius 2 is 0.868 bits per heavy atom. The van der Waals surface area contributed by atoms with Crippen molar-refractivity contribution in [3.63, 3.8) is 0 Å². The molecule has 0 aromatic rings. The van der Waals surface area contributed by atoms with E-state index in [4.69, 9.17) is 15.3 Å². The van der Waals surface area contributed by atoms with Gasteiger partial charge in [-0.25, -0.2) is 5.57 Å². The van der Waals surface area contributed by atoms with Crippen molar-refractivity contribution in [3.05, 3.63) is 22.8 Å². The van der Waals surface area contributed by atoms with Crippen molar-refractivity contribution in [1.29, 1.82) is 0 Å². The van der Waals surface area contributed by atoms with Crippen LogP contribution in [0.3, 0.4) is 0 Å². The topological polar surface area (TPSA) is 112 Å². The second kappa shape index (κ2) is 18.8. The van der Waals surface area contributed by atoms with Crippen LogP contribution in [-0.4, -0.2) is 33.2 Å². The van der Waals surface area contributed by atoms with Crippen LogP contribution in [0.1, 0.15) is 131 Å². The second-order valence-electron chi connectivity index (χ2n) is 11.6. The van der Waals surface area contributed by atoms with Crippen LogP contribution >= 0.6 is 0 Å². The van der Waals surface area contributed by atoms with Gasteiger partial charge < -0.3 is 15.3 Å². The number of carboxylic acid groups (broad SMARTS) is 3. The van der Waals surface area contributed by atoms with E-state index in [1.807, 2.05) is 0 Å². The molecular formula is C31H51O6Ti-. The van der Waals surface area contributed by atoms with Gasteiger partial charge in [-0.15, -0.1) is 6.92 Å². The van der Waals surface area contributed by atoms with E-state index in [1.54, 1.807) is 0 Å². The molecule has 4 rings (SSSR count). The summed E-state index contributed by atoms with van der Waals surface area (Å²) in [7, 11) is 0. The Bertz CT molecular complexity index is 729. The van der Waals surface area contributed by atoms with Crippen LogP contribution < -0.4 is 0 Å². The number of aliphatic carboxylic acids is 3. The summed E-state index contributed by atoms with van der Waals surface area (Å²) in [5.74, 6) is -1.89. The van der Waals surface area contributed by atoms with Crippen molar-refractivity contribution in [2.75, 3.05) is 0 Å². The predicted molar refractivity (Wildman–Crippen MR) is 147 cm³/mol. The average Bonchev–Trinajstić information content (AvgIpc) is 3.07. The number of rotatable bonds is 3. The molecule has 4 aliphatic rings. The maximum Gasteiger partial charge on any atom is 0.306 e. The van der Waals surface area contributed by atoms with Gasteiger partial charge in [0.2, 0.25) is 0 Å². The van der Waals surface area contributed by atoms with Crippen LogP contribution in [0.4, 0.5) is 0 Å². The van der Waals surface area contributed by atoms with Crippen LogP contribution in [0.2, 0.25) is 0 Å². The van der Waals surface area contributed by atoms with Crippen molar-refractivity contribution in [3.8, 4) is 0 Å². The summed E-state index contributed by atoms with van der Waals surface area (Å²) >= 11 is 0. The van der Waals surface area contributed by atoms with Gasteiger partial charge in [-0.2, -0.15) is 11.1 Å². The van der Waals surface area contributed by atoms with Crippen LogP contribution in [0.5, 0.6) is 0 Å². The maximum atomic E-state index is 10.4. The van der Waals surface area contributed by atoms with Crippen molar-refractivity contribution >= 4 is 17.9 Å². The zero-order chi connectivity index (χ0) is 28.0. The largest absolute Gasteiger partial charge is 0.481 e. The third-order valence-electron chi connectivity index (χ3n) is 8.43. The van der Waals surface area contributed by atoms with Gasteiger partial charge in [0, 0.05) is 21.7 Å². The molecule has 3 fully saturated rings. The molecule has 0 saturated heterocycles. The van der Waals surface area contributed by atoms with Gasteiger partial charge in [0.15, 0.2) is 0 Å². The van der Waals surface area contributed by atoms with E-state index < -0.39 is 17.9 Å². The summed E-state index contributed by atoms with van der Waals surface area (Å²) in [6.07, 6.45) is 19.2. The summed E-state index contributed by atoms with van der Waals surface area (Å²) in [5.41, 5.74) is 4.39. The van der Waals surface area contributed by atoms with E-state index >= 15 is 0 Å². The molecule has 38 heavy (non-hydrogen) atoms. The molecule has 0 aromatic heterocycles. The Morgan fingerprint density at radius 3 is 0.974 bits per heavy atom. The van der Waals surface area contributed by atoms with Crippen molar-refractivity contribution < 1.29 is 51.4 Å². The number of carboxylic acids is 3. The third-order valence-corrected chi connectivity index (χ3v) is 8.43. The monoisotopic (exact) mass is 567 g/mol. The number of hydrogen-bond acceptors (Lipinski definition) is 3. The zero-order valence-corrected chi connectivity index (χ0v) is 26.0. The van der Waals surface area contributed by atoms with E-state index in [9.17, 15) is 14.4 Å². The fourth-order valence-corrected chi connectivity index (χ4v) is 5.45. The molecule has 216 valence electrons. The molecule has 0 aromatic carbocycles. The SMILES string of the molecule is CC1=[C-]C(C)(C)C(C)=C1C.O=C(O)C1CCCCC1.O=C(O)C1CCCCC1.O=C(O)C1CCCCC1.[Ti]. The molecule has 0 radical (unpaired) electrons. The molecular weight excluding hydrogens is 516 g/mol. The van der Waals surface area contributed by atoms with E-state index in [0.717, 1.165) is 77.0 Å². The Labute approximate surface area is 245 Å². The summed E-state index contributed by atoms with van der Waals surface area (Å²) < 4.78 is 0. The molecule has 0 atom stereocenters. The van der Waals surface area contributed by atoms with Crippen molar-refractivity contribution in [1.82, 2.24) is 0 Å². The fraction of sp³-hybridized carbons (Fsp3) is 0.774. The van der Waals surface area contributed by atoms with Crippen LogP contribution in [0.25, 0.3) is 0 Å². The molecule has 0 amide bonds. The first kappa shape index (κ1) is 36.6. The Morgan fingerprint density at radius 1 is 0.605 bits per heavy atom. The van der Waals surface area contributed by atoms with Gasteiger partial charge >= 0.3 is 17.9 Å². The zero-order valence-electron chi connectivity index (χ0n) is 24.4. The van der Waals surface area contributed by atoms with Gasteiger partial charge in [0.05, 0.1) is 17.8 Å². The Hall–Kier alpha value is -1.40. The molecule has 4 aliphatic carbocycles. The molecule has 0 bridgehead atoms. The van der Waals surface area contributed by atoms with Crippen LogP contribution in [0.15, 0.2) is 16.7 Å². The van der Waals surface area contributed by atoms with E-state index in [2.05, 4.69) is 40.7 Å². The number of carbonyl (C=O) groups is 3. The second-order valence-corrected chi connectivity index (χ2v) is 11.6. The minimum absolute atomic E-state index is 0. The van der Waals surface area contributed by atoms with Crippen LogP contribution in [0, 0.1) is 29.2 Å². The average molecular weight is 568 g/mol. The molecule has 3 N–H and O–H groups in total. The van der Waals surface area contributed by atoms with Gasteiger partial charge in [-0.3, -0.25) is 20.5 Å². The quantitative estimate of drug-likeness (QED) is 0.235. The summed E-state index contributed by atoms with van der Waals surface area (Å²) in [4.78, 5) is 31.1. The molecule has 0 aliphatic heterocycles. The van der Waals surface area contributed by atoms with Crippen molar-refractivity contribution in [2.24, 2.45) is 23.2 Å². The first-order chi connectivity index (χ1) is 17.4. The predicted octanol–water partition coefficient (Wildman–Crippen LogP) is 8.06. The third kappa shape index (κ3) is 13.6. The summed E-state index contributed by atoms with van der Waals surface area (Å²) in [6.45, 7) is 10.9. The maximum absolute atomic E-state index is 10.4.